The van der Waals surface area contributed by atoms with E-state index in [2.05, 4.69) is 18.2 Å². The molecule has 2 aliphatic rings. The third-order valence-electron chi connectivity index (χ3n) is 1.97. The van der Waals surface area contributed by atoms with E-state index in [0.29, 0.717) is 0 Å². The number of fused-ring (bicyclic) bond motifs is 1. The Morgan fingerprint density at radius 3 is 2.46 bits per heavy atom. The standard InChI is InChI=1S/C12H9S/c13-12-9-5-4-7-10-6-2-1-3-8-11(10)12/h1-9H. The minimum absolute atomic E-state index is 0.899. The van der Waals surface area contributed by atoms with E-state index in [1.807, 2.05) is 36.5 Å². The zero-order chi connectivity index (χ0) is 9.10. The Kier molecular flexibility index (Phi) is 2.28. The topological polar surface area (TPSA) is 0 Å². The predicted molar refractivity (Wildman–Crippen MR) is 59.3 cm³/mol. The van der Waals surface area contributed by atoms with E-state index in [9.17, 15) is 0 Å². The molecule has 0 unspecified atom stereocenters. The minimum atomic E-state index is 0.899. The van der Waals surface area contributed by atoms with Crippen LogP contribution in [0.15, 0.2) is 70.7 Å². The number of hydrogen-bond acceptors (Lipinski definition) is 0. The number of hydrogen-bond donors (Lipinski definition) is 0. The molecule has 0 saturated heterocycles. The molecule has 0 nitrogen and oxygen atoms in total. The van der Waals surface area contributed by atoms with Crippen LogP contribution in [0.2, 0.25) is 0 Å². The Hall–Kier alpha value is -1.34. The maximum atomic E-state index is 5.27. The van der Waals surface area contributed by atoms with E-state index < -0.39 is 0 Å². The molecule has 2 rings (SSSR count). The van der Waals surface area contributed by atoms with Crippen molar-refractivity contribution >= 4 is 12.6 Å². The summed E-state index contributed by atoms with van der Waals surface area (Å²) in [5.41, 5.74) is 2.31. The van der Waals surface area contributed by atoms with Crippen LogP contribution in [-0.4, -0.2) is 0 Å². The highest BCUT2D eigenvalue weighted by atomic mass is 32.1. The summed E-state index contributed by atoms with van der Waals surface area (Å²) < 4.78 is 0. The quantitative estimate of drug-likeness (QED) is 0.540. The van der Waals surface area contributed by atoms with Crippen molar-refractivity contribution in [2.45, 2.75) is 0 Å². The van der Waals surface area contributed by atoms with Crippen LogP contribution in [0.5, 0.6) is 0 Å². The van der Waals surface area contributed by atoms with Crippen molar-refractivity contribution in [1.29, 1.82) is 0 Å². The highest BCUT2D eigenvalue weighted by Crippen LogP contribution is 2.26. The predicted octanol–water partition coefficient (Wildman–Crippen LogP) is 3.62. The molecular weight excluding hydrogens is 176 g/mol. The lowest BCUT2D eigenvalue weighted by molar-refractivity contribution is 1.55. The molecule has 0 bridgehead atoms. The van der Waals surface area contributed by atoms with Crippen LogP contribution in [-0.2, 0) is 0 Å². The summed E-state index contributed by atoms with van der Waals surface area (Å²) in [5.74, 6) is 0. The van der Waals surface area contributed by atoms with Crippen LogP contribution in [0.1, 0.15) is 0 Å². The van der Waals surface area contributed by atoms with Gasteiger partial charge in [0, 0.05) is 4.91 Å². The van der Waals surface area contributed by atoms with E-state index in [-0.39, 0.29) is 0 Å². The highest BCUT2D eigenvalue weighted by molar-refractivity contribution is 7.84. The van der Waals surface area contributed by atoms with Gasteiger partial charge in [0.2, 0.25) is 0 Å². The molecule has 0 fully saturated rings. The second-order valence-corrected chi connectivity index (χ2v) is 3.30. The molecule has 0 atom stereocenters. The molecule has 0 heterocycles. The van der Waals surface area contributed by atoms with Crippen molar-refractivity contribution in [3.05, 3.63) is 70.7 Å². The maximum Gasteiger partial charge on any atom is 0.0455 e. The average molecular weight is 185 g/mol. The van der Waals surface area contributed by atoms with E-state index >= 15 is 0 Å². The van der Waals surface area contributed by atoms with Gasteiger partial charge in [-0.3, -0.25) is 0 Å². The van der Waals surface area contributed by atoms with Gasteiger partial charge in [0.25, 0.3) is 0 Å². The lowest BCUT2D eigenvalue weighted by Gasteiger charge is -2.03. The van der Waals surface area contributed by atoms with Gasteiger partial charge in [-0.25, -0.2) is 0 Å². The smallest absolute Gasteiger partial charge is 0.0455 e. The summed E-state index contributed by atoms with van der Waals surface area (Å²) in [4.78, 5) is 0.899. The Balaban J connectivity index is 2.54. The Labute approximate surface area is 83.8 Å². The van der Waals surface area contributed by atoms with E-state index in [1.54, 1.807) is 0 Å². The Morgan fingerprint density at radius 1 is 0.769 bits per heavy atom. The van der Waals surface area contributed by atoms with Crippen LogP contribution >= 0.6 is 12.6 Å². The largest absolute Gasteiger partial charge is 0.0794 e. The van der Waals surface area contributed by atoms with Gasteiger partial charge in [0.15, 0.2) is 0 Å². The second-order valence-electron chi connectivity index (χ2n) is 2.86. The van der Waals surface area contributed by atoms with Crippen molar-refractivity contribution in [2.24, 2.45) is 0 Å². The third-order valence-corrected chi connectivity index (χ3v) is 2.33. The van der Waals surface area contributed by atoms with Gasteiger partial charge in [0.05, 0.1) is 0 Å². The lowest BCUT2D eigenvalue weighted by atomic mass is 10.1. The lowest BCUT2D eigenvalue weighted by Crippen LogP contribution is -1.84. The van der Waals surface area contributed by atoms with Crippen LogP contribution in [0.4, 0.5) is 0 Å². The molecule has 0 aromatic rings. The molecule has 0 N–H and O–H groups in total. The Bertz CT molecular complexity index is 387. The fraction of sp³-hybridized carbons (Fsp3) is 0. The molecule has 1 radical (unpaired) electrons. The summed E-state index contributed by atoms with van der Waals surface area (Å²) in [7, 11) is 0. The van der Waals surface area contributed by atoms with Crippen LogP contribution in [0.25, 0.3) is 0 Å². The first-order valence-electron chi connectivity index (χ1n) is 4.19. The van der Waals surface area contributed by atoms with Crippen LogP contribution < -0.4 is 0 Å². The molecular formula is C12H9S. The molecule has 0 aliphatic heterocycles. The van der Waals surface area contributed by atoms with Crippen molar-refractivity contribution in [1.82, 2.24) is 0 Å². The van der Waals surface area contributed by atoms with Gasteiger partial charge >= 0.3 is 0 Å². The van der Waals surface area contributed by atoms with Gasteiger partial charge in [-0.15, -0.1) is 0 Å². The van der Waals surface area contributed by atoms with E-state index in [1.165, 1.54) is 5.57 Å². The monoisotopic (exact) mass is 185 g/mol. The molecule has 0 aromatic heterocycles. The molecule has 0 spiro atoms. The van der Waals surface area contributed by atoms with Crippen molar-refractivity contribution in [3.63, 3.8) is 0 Å². The fourth-order valence-corrected chi connectivity index (χ4v) is 1.59. The molecule has 1 heteroatoms. The average Bonchev–Trinajstić information content (AvgIpc) is 2.43. The third kappa shape index (κ3) is 1.70. The molecule has 13 heavy (non-hydrogen) atoms. The van der Waals surface area contributed by atoms with Gasteiger partial charge in [-0.1, -0.05) is 61.2 Å². The summed E-state index contributed by atoms with van der Waals surface area (Å²) in [6.07, 6.45) is 18.2. The summed E-state index contributed by atoms with van der Waals surface area (Å²) >= 11 is 5.27. The summed E-state index contributed by atoms with van der Waals surface area (Å²) in [6.45, 7) is 0. The van der Waals surface area contributed by atoms with Crippen molar-refractivity contribution in [2.75, 3.05) is 0 Å². The zero-order valence-corrected chi connectivity index (χ0v) is 7.92. The molecule has 0 saturated carbocycles. The Morgan fingerprint density at radius 2 is 1.54 bits per heavy atom. The zero-order valence-electron chi connectivity index (χ0n) is 7.10. The highest BCUT2D eigenvalue weighted by Gasteiger charge is 2.07. The maximum absolute atomic E-state index is 5.27. The van der Waals surface area contributed by atoms with Gasteiger partial charge < -0.3 is 0 Å². The first-order chi connectivity index (χ1) is 6.38. The molecule has 0 aromatic carbocycles. The minimum Gasteiger partial charge on any atom is -0.0794 e. The fourth-order valence-electron chi connectivity index (χ4n) is 1.32. The summed E-state index contributed by atoms with van der Waals surface area (Å²) in [5, 5.41) is 0. The number of rotatable bonds is 0. The first-order valence-corrected chi connectivity index (χ1v) is 4.60. The van der Waals surface area contributed by atoms with E-state index in [0.717, 1.165) is 10.5 Å². The van der Waals surface area contributed by atoms with Crippen molar-refractivity contribution < 1.29 is 0 Å². The summed E-state index contributed by atoms with van der Waals surface area (Å²) in [6, 6.07) is 0. The molecule has 2 aliphatic carbocycles. The normalized spacial score (nSPS) is 19.5. The van der Waals surface area contributed by atoms with Gasteiger partial charge in [-0.2, -0.15) is 0 Å². The second kappa shape index (κ2) is 3.58. The van der Waals surface area contributed by atoms with Gasteiger partial charge in [0.1, 0.15) is 0 Å². The molecule has 63 valence electrons. The van der Waals surface area contributed by atoms with Crippen LogP contribution in [0, 0.1) is 0 Å². The SMILES string of the molecule is [S]C1=CC=CC=C2C=CC=CC=C12. The van der Waals surface area contributed by atoms with E-state index in [4.69, 9.17) is 12.6 Å². The van der Waals surface area contributed by atoms with Gasteiger partial charge in [-0.05, 0) is 17.2 Å². The molecule has 0 amide bonds. The van der Waals surface area contributed by atoms with Crippen LogP contribution in [0.3, 0.4) is 0 Å². The number of allylic oxidation sites excluding steroid dienone is 11. The van der Waals surface area contributed by atoms with Crippen molar-refractivity contribution in [3.8, 4) is 0 Å². The first kappa shape index (κ1) is 8.27.